The van der Waals surface area contributed by atoms with Gasteiger partial charge in [-0.2, -0.15) is 0 Å². The van der Waals surface area contributed by atoms with Crippen LogP contribution in [0.3, 0.4) is 0 Å². The Morgan fingerprint density at radius 3 is 2.40 bits per heavy atom. The van der Waals surface area contributed by atoms with Gasteiger partial charge in [0.2, 0.25) is 0 Å². The van der Waals surface area contributed by atoms with E-state index in [4.69, 9.17) is 13.9 Å². The SMILES string of the molecule is CCOc1ccc(/C(O)=C2/C(=O)C(=O)N(c3cc(C)ccc3O)C2c2ccc(C)o2)c(OCC)c1. The Balaban J connectivity index is 1.95. The van der Waals surface area contributed by atoms with E-state index in [1.54, 1.807) is 63.2 Å². The van der Waals surface area contributed by atoms with Crippen LogP contribution in [0.4, 0.5) is 5.69 Å². The van der Waals surface area contributed by atoms with Crippen molar-refractivity contribution in [3.8, 4) is 17.2 Å². The molecule has 1 atom stereocenters. The minimum absolute atomic E-state index is 0.141. The van der Waals surface area contributed by atoms with Gasteiger partial charge in [-0.25, -0.2) is 0 Å². The molecule has 0 bridgehead atoms. The lowest BCUT2D eigenvalue weighted by Gasteiger charge is -2.24. The summed E-state index contributed by atoms with van der Waals surface area (Å²) in [6.07, 6.45) is 0. The second-order valence-electron chi connectivity index (χ2n) is 8.13. The van der Waals surface area contributed by atoms with Gasteiger partial charge in [0.1, 0.15) is 40.6 Å². The first kappa shape index (κ1) is 23.9. The van der Waals surface area contributed by atoms with Gasteiger partial charge in [-0.1, -0.05) is 6.07 Å². The summed E-state index contributed by atoms with van der Waals surface area (Å²) in [5.74, 6) is -0.714. The highest BCUT2D eigenvalue weighted by Crippen LogP contribution is 2.46. The van der Waals surface area contributed by atoms with E-state index >= 15 is 0 Å². The van der Waals surface area contributed by atoms with Crippen LogP contribution in [0.5, 0.6) is 17.2 Å². The van der Waals surface area contributed by atoms with Gasteiger partial charge in [0, 0.05) is 6.07 Å². The molecule has 35 heavy (non-hydrogen) atoms. The number of nitrogens with zero attached hydrogens (tertiary/aromatic N) is 1. The molecule has 1 aliphatic heterocycles. The number of aliphatic hydroxyl groups excluding tert-OH is 1. The predicted molar refractivity (Wildman–Crippen MR) is 130 cm³/mol. The standard InChI is InChI=1S/C27H27NO7/c1-5-33-17-9-10-18(22(14-17)34-6-2)25(30)23-24(21-12-8-16(4)35-21)28(27(32)26(23)31)19-13-15(3)7-11-20(19)29/h7-14,24,29-30H,5-6H2,1-4H3/b25-23-. The number of ether oxygens (including phenoxy) is 2. The van der Waals surface area contributed by atoms with Gasteiger partial charge >= 0.3 is 0 Å². The number of hydrogen-bond donors (Lipinski definition) is 2. The molecule has 1 fully saturated rings. The maximum atomic E-state index is 13.3. The van der Waals surface area contributed by atoms with E-state index in [1.807, 2.05) is 6.92 Å². The summed E-state index contributed by atoms with van der Waals surface area (Å²) in [6, 6.07) is 11.8. The van der Waals surface area contributed by atoms with Gasteiger partial charge in [-0.15, -0.1) is 0 Å². The maximum absolute atomic E-state index is 13.3. The summed E-state index contributed by atoms with van der Waals surface area (Å²) in [4.78, 5) is 27.8. The van der Waals surface area contributed by atoms with Crippen LogP contribution in [0, 0.1) is 13.8 Å². The fourth-order valence-electron chi connectivity index (χ4n) is 4.15. The molecule has 0 spiro atoms. The zero-order valence-electron chi connectivity index (χ0n) is 20.0. The number of rotatable bonds is 7. The van der Waals surface area contributed by atoms with Gasteiger partial charge in [0.05, 0.1) is 30.0 Å². The van der Waals surface area contributed by atoms with Crippen LogP contribution >= 0.6 is 0 Å². The average Bonchev–Trinajstić information content (AvgIpc) is 3.36. The van der Waals surface area contributed by atoms with E-state index < -0.39 is 23.5 Å². The van der Waals surface area contributed by atoms with Crippen LogP contribution in [0.2, 0.25) is 0 Å². The van der Waals surface area contributed by atoms with Crippen molar-refractivity contribution in [3.05, 3.63) is 76.8 Å². The summed E-state index contributed by atoms with van der Waals surface area (Å²) < 4.78 is 17.1. The zero-order chi connectivity index (χ0) is 25.3. The molecule has 8 nitrogen and oxygen atoms in total. The molecule has 0 radical (unpaired) electrons. The van der Waals surface area contributed by atoms with Gasteiger partial charge in [0.25, 0.3) is 11.7 Å². The molecule has 0 saturated carbocycles. The number of aliphatic hydroxyl groups is 1. The van der Waals surface area contributed by atoms with Gasteiger partial charge < -0.3 is 24.1 Å². The van der Waals surface area contributed by atoms with Crippen molar-refractivity contribution in [2.75, 3.05) is 18.1 Å². The van der Waals surface area contributed by atoms with Gasteiger partial charge in [-0.3, -0.25) is 14.5 Å². The third kappa shape index (κ3) is 4.35. The highest BCUT2D eigenvalue weighted by atomic mass is 16.5. The lowest BCUT2D eigenvalue weighted by molar-refractivity contribution is -0.132. The fraction of sp³-hybridized carbons (Fsp3) is 0.259. The molecule has 4 rings (SSSR count). The number of aryl methyl sites for hydroxylation is 2. The number of hydrogen-bond acceptors (Lipinski definition) is 7. The number of phenolic OH excluding ortho intramolecular Hbond substituents is 1. The Morgan fingerprint density at radius 2 is 1.74 bits per heavy atom. The third-order valence-corrected chi connectivity index (χ3v) is 5.68. The van der Waals surface area contributed by atoms with E-state index in [9.17, 15) is 19.8 Å². The molecule has 1 aliphatic rings. The number of anilines is 1. The Labute approximate surface area is 203 Å². The lowest BCUT2D eigenvalue weighted by Crippen LogP contribution is -2.29. The molecule has 182 valence electrons. The smallest absolute Gasteiger partial charge is 0.300 e. The van der Waals surface area contributed by atoms with Crippen LogP contribution in [-0.2, 0) is 9.59 Å². The van der Waals surface area contributed by atoms with Crippen LogP contribution in [0.15, 0.2) is 58.5 Å². The molecule has 0 aliphatic carbocycles. The number of furan rings is 1. The van der Waals surface area contributed by atoms with Gasteiger partial charge in [0.15, 0.2) is 0 Å². The molecule has 2 heterocycles. The second kappa shape index (κ2) is 9.58. The number of ketones is 1. The number of carbonyl (C=O) groups is 2. The normalized spacial score (nSPS) is 17.1. The Bertz CT molecular complexity index is 1320. The number of Topliss-reactive ketones (excluding diaryl/α,β-unsaturated/α-hetero) is 1. The zero-order valence-corrected chi connectivity index (χ0v) is 20.0. The van der Waals surface area contributed by atoms with Crippen LogP contribution in [0.25, 0.3) is 5.76 Å². The topological polar surface area (TPSA) is 109 Å². The molecule has 8 heteroatoms. The van der Waals surface area contributed by atoms with Crippen molar-refractivity contribution in [2.45, 2.75) is 33.7 Å². The minimum atomic E-state index is -1.10. The highest BCUT2D eigenvalue weighted by Gasteiger charge is 2.49. The number of phenols is 1. The van der Waals surface area contributed by atoms with Gasteiger partial charge in [-0.05, 0) is 69.7 Å². The van der Waals surface area contributed by atoms with Crippen molar-refractivity contribution in [2.24, 2.45) is 0 Å². The van der Waals surface area contributed by atoms with E-state index in [0.29, 0.717) is 30.5 Å². The van der Waals surface area contributed by atoms with E-state index in [0.717, 1.165) is 10.5 Å². The van der Waals surface area contributed by atoms with Crippen molar-refractivity contribution >= 4 is 23.1 Å². The molecule has 2 aromatic carbocycles. The predicted octanol–water partition coefficient (Wildman–Crippen LogP) is 5.03. The first-order valence-corrected chi connectivity index (χ1v) is 11.3. The summed E-state index contributed by atoms with van der Waals surface area (Å²) in [5, 5.41) is 22.0. The average molecular weight is 478 g/mol. The molecular weight excluding hydrogens is 450 g/mol. The number of benzene rings is 2. The van der Waals surface area contributed by atoms with E-state index in [1.165, 1.54) is 6.07 Å². The molecule has 2 N–H and O–H groups in total. The van der Waals surface area contributed by atoms with Crippen LogP contribution in [0.1, 0.15) is 42.5 Å². The highest BCUT2D eigenvalue weighted by molar-refractivity contribution is 6.51. The molecule has 1 saturated heterocycles. The monoisotopic (exact) mass is 477 g/mol. The van der Waals surface area contributed by atoms with E-state index in [-0.39, 0.29) is 28.3 Å². The maximum Gasteiger partial charge on any atom is 0.300 e. The first-order chi connectivity index (χ1) is 16.8. The number of amides is 1. The molecule has 1 aromatic heterocycles. The number of aromatic hydroxyl groups is 1. The third-order valence-electron chi connectivity index (χ3n) is 5.68. The van der Waals surface area contributed by atoms with Crippen molar-refractivity contribution in [3.63, 3.8) is 0 Å². The Hall–Kier alpha value is -4.20. The Morgan fingerprint density at radius 1 is 1.00 bits per heavy atom. The fourth-order valence-corrected chi connectivity index (χ4v) is 4.15. The largest absolute Gasteiger partial charge is 0.507 e. The van der Waals surface area contributed by atoms with Crippen LogP contribution in [-0.4, -0.2) is 35.1 Å². The van der Waals surface area contributed by atoms with Crippen molar-refractivity contribution in [1.82, 2.24) is 0 Å². The summed E-state index contributed by atoms with van der Waals surface area (Å²) in [5.41, 5.74) is 0.978. The van der Waals surface area contributed by atoms with Crippen LogP contribution < -0.4 is 14.4 Å². The summed E-state index contributed by atoms with van der Waals surface area (Å²) >= 11 is 0. The van der Waals surface area contributed by atoms with Crippen molar-refractivity contribution in [1.29, 1.82) is 0 Å². The molecule has 3 aromatic rings. The summed E-state index contributed by atoms with van der Waals surface area (Å²) in [7, 11) is 0. The molecular formula is C27H27NO7. The quantitative estimate of drug-likeness (QED) is 0.279. The molecule has 1 unspecified atom stereocenters. The second-order valence-corrected chi connectivity index (χ2v) is 8.13. The first-order valence-electron chi connectivity index (χ1n) is 11.3. The lowest BCUT2D eigenvalue weighted by atomic mass is 9.98. The van der Waals surface area contributed by atoms with Crippen molar-refractivity contribution < 1.29 is 33.7 Å². The molecule has 1 amide bonds. The number of carbonyl (C=O) groups excluding carboxylic acids is 2. The summed E-state index contributed by atoms with van der Waals surface area (Å²) in [6.45, 7) is 7.94. The Kier molecular flexibility index (Phi) is 6.55. The van der Waals surface area contributed by atoms with E-state index in [2.05, 4.69) is 0 Å². The minimum Gasteiger partial charge on any atom is -0.507 e.